The molecule has 6 heteroatoms. The number of methoxy groups -OCH3 is 1. The van der Waals surface area contributed by atoms with Crippen LogP contribution in [-0.4, -0.2) is 20.0 Å². The Morgan fingerprint density at radius 1 is 1.32 bits per heavy atom. The van der Waals surface area contributed by atoms with Gasteiger partial charge in [0.15, 0.2) is 0 Å². The summed E-state index contributed by atoms with van der Waals surface area (Å²) in [6.07, 6.45) is 5.30. The van der Waals surface area contributed by atoms with E-state index in [-0.39, 0.29) is 4.91 Å². The summed E-state index contributed by atoms with van der Waals surface area (Å²) in [4.78, 5) is 0.239. The lowest BCUT2D eigenvalue weighted by Crippen LogP contribution is -2.24. The van der Waals surface area contributed by atoms with Crippen LogP contribution in [0.5, 0.6) is 0 Å². The summed E-state index contributed by atoms with van der Waals surface area (Å²) in [5, 5.41) is 0. The zero-order valence-electron chi connectivity index (χ0n) is 10.3. The molecule has 0 aromatic heterocycles. The summed E-state index contributed by atoms with van der Waals surface area (Å²) in [6.45, 7) is 0. The topological polar surface area (TPSA) is 55.4 Å². The van der Waals surface area contributed by atoms with Crippen molar-refractivity contribution in [2.75, 3.05) is 11.8 Å². The van der Waals surface area contributed by atoms with Crippen LogP contribution in [0.3, 0.4) is 0 Å². The monoisotopic (exact) mass is 343 g/mol. The number of sulfonamides is 1. The van der Waals surface area contributed by atoms with Gasteiger partial charge in [0.25, 0.3) is 10.0 Å². The van der Waals surface area contributed by atoms with Crippen molar-refractivity contribution in [2.24, 2.45) is 0 Å². The molecule has 0 bridgehead atoms. The van der Waals surface area contributed by atoms with Gasteiger partial charge in [-0.1, -0.05) is 24.3 Å². The maximum atomic E-state index is 12.2. The third-order valence-electron chi connectivity index (χ3n) is 2.75. The van der Waals surface area contributed by atoms with E-state index in [1.165, 1.54) is 6.08 Å². The van der Waals surface area contributed by atoms with Gasteiger partial charge < -0.3 is 4.74 Å². The highest BCUT2D eigenvalue weighted by molar-refractivity contribution is 9.10. The quantitative estimate of drug-likeness (QED) is 0.855. The van der Waals surface area contributed by atoms with Crippen molar-refractivity contribution in [3.63, 3.8) is 0 Å². The first-order chi connectivity index (χ1) is 8.95. The van der Waals surface area contributed by atoms with Crippen molar-refractivity contribution in [2.45, 2.75) is 10.9 Å². The summed E-state index contributed by atoms with van der Waals surface area (Å²) in [6, 6.07) is 8.79. The largest absolute Gasteiger partial charge is 0.363 e. The molecular weight excluding hydrogens is 330 g/mol. The van der Waals surface area contributed by atoms with E-state index >= 15 is 0 Å². The number of rotatable bonds is 4. The summed E-state index contributed by atoms with van der Waals surface area (Å²) in [5.41, 5.74) is 0.541. The molecule has 0 saturated heterocycles. The van der Waals surface area contributed by atoms with E-state index in [9.17, 15) is 8.42 Å². The van der Waals surface area contributed by atoms with E-state index in [0.29, 0.717) is 12.1 Å². The van der Waals surface area contributed by atoms with Crippen molar-refractivity contribution in [3.05, 3.63) is 53.5 Å². The molecule has 102 valence electrons. The second-order valence-corrected chi connectivity index (χ2v) is 7.13. The molecule has 0 amide bonds. The van der Waals surface area contributed by atoms with Crippen LogP contribution >= 0.6 is 15.9 Å². The van der Waals surface area contributed by atoms with Gasteiger partial charge in [-0.2, -0.15) is 0 Å². The molecule has 1 aliphatic carbocycles. The van der Waals surface area contributed by atoms with E-state index in [1.54, 1.807) is 43.5 Å². The molecule has 0 heterocycles. The lowest BCUT2D eigenvalue weighted by molar-refractivity contribution is 0.119. The Hall–Kier alpha value is -1.11. The van der Waals surface area contributed by atoms with E-state index in [0.717, 1.165) is 0 Å². The Morgan fingerprint density at radius 3 is 2.53 bits per heavy atom. The van der Waals surface area contributed by atoms with Crippen molar-refractivity contribution in [3.8, 4) is 0 Å². The SMILES string of the molecule is COC1(Br)C=CC(S(=O)(=O)Nc2ccccc2)=CC1. The number of allylic oxidation sites excluding steroid dienone is 1. The Bertz CT molecular complexity index is 610. The van der Waals surface area contributed by atoms with Gasteiger partial charge in [-0.3, -0.25) is 4.72 Å². The van der Waals surface area contributed by atoms with Gasteiger partial charge in [0, 0.05) is 19.2 Å². The molecule has 0 saturated carbocycles. The average molecular weight is 344 g/mol. The second kappa shape index (κ2) is 5.48. The number of halogens is 1. The highest BCUT2D eigenvalue weighted by Gasteiger charge is 2.27. The van der Waals surface area contributed by atoms with Crippen LogP contribution in [0.2, 0.25) is 0 Å². The van der Waals surface area contributed by atoms with Crippen LogP contribution in [0, 0.1) is 0 Å². The minimum absolute atomic E-state index is 0.239. The highest BCUT2D eigenvalue weighted by atomic mass is 79.9. The molecule has 1 aromatic carbocycles. The fourth-order valence-electron chi connectivity index (χ4n) is 1.65. The standard InChI is InChI=1S/C13H14BrNO3S/c1-18-13(14)9-7-12(8-10-13)19(16,17)15-11-5-3-2-4-6-11/h2-9,15H,10H2,1H3. The maximum Gasteiger partial charge on any atom is 0.261 e. The van der Waals surface area contributed by atoms with Gasteiger partial charge in [-0.05, 0) is 40.2 Å². The minimum Gasteiger partial charge on any atom is -0.363 e. The number of hydrogen-bond acceptors (Lipinski definition) is 3. The molecular formula is C13H14BrNO3S. The zero-order valence-corrected chi connectivity index (χ0v) is 12.7. The molecule has 0 fully saturated rings. The van der Waals surface area contributed by atoms with Crippen LogP contribution in [0.15, 0.2) is 53.5 Å². The summed E-state index contributed by atoms with van der Waals surface area (Å²) < 4.78 is 31.5. The molecule has 2 rings (SSSR count). The Balaban J connectivity index is 2.17. The summed E-state index contributed by atoms with van der Waals surface area (Å²) in [5.74, 6) is 0. The minimum atomic E-state index is -3.55. The normalized spacial score (nSPS) is 22.9. The first kappa shape index (κ1) is 14.3. The Labute approximate surface area is 121 Å². The number of benzene rings is 1. The highest BCUT2D eigenvalue weighted by Crippen LogP contribution is 2.32. The summed E-state index contributed by atoms with van der Waals surface area (Å²) >= 11 is 3.39. The van der Waals surface area contributed by atoms with Crippen molar-refractivity contribution in [1.29, 1.82) is 0 Å². The number of hydrogen-bond donors (Lipinski definition) is 1. The van der Waals surface area contributed by atoms with Crippen LogP contribution in [0.1, 0.15) is 6.42 Å². The third kappa shape index (κ3) is 3.46. The Kier molecular flexibility index (Phi) is 4.13. The van der Waals surface area contributed by atoms with E-state index in [2.05, 4.69) is 20.7 Å². The van der Waals surface area contributed by atoms with Crippen LogP contribution in [0.4, 0.5) is 5.69 Å². The van der Waals surface area contributed by atoms with Gasteiger partial charge in [-0.25, -0.2) is 8.42 Å². The zero-order chi connectivity index (χ0) is 13.9. The van der Waals surface area contributed by atoms with Gasteiger partial charge in [0.05, 0.1) is 4.91 Å². The van der Waals surface area contributed by atoms with E-state index < -0.39 is 14.5 Å². The average Bonchev–Trinajstić information content (AvgIpc) is 2.40. The molecule has 1 aromatic rings. The smallest absolute Gasteiger partial charge is 0.261 e. The molecule has 0 spiro atoms. The van der Waals surface area contributed by atoms with Crippen molar-refractivity contribution >= 4 is 31.6 Å². The van der Waals surface area contributed by atoms with E-state index in [4.69, 9.17) is 4.74 Å². The number of para-hydroxylation sites is 1. The molecule has 0 aliphatic heterocycles. The molecule has 1 atom stereocenters. The number of anilines is 1. The van der Waals surface area contributed by atoms with Crippen LogP contribution < -0.4 is 4.72 Å². The fourth-order valence-corrected chi connectivity index (χ4v) is 3.06. The first-order valence-electron chi connectivity index (χ1n) is 5.66. The second-order valence-electron chi connectivity index (χ2n) is 4.11. The Morgan fingerprint density at radius 2 is 2.00 bits per heavy atom. The molecule has 0 radical (unpaired) electrons. The number of alkyl halides is 1. The predicted octanol–water partition coefficient (Wildman–Crippen LogP) is 3.01. The molecule has 4 nitrogen and oxygen atoms in total. The maximum absolute atomic E-state index is 12.2. The van der Waals surface area contributed by atoms with Gasteiger partial charge >= 0.3 is 0 Å². The van der Waals surface area contributed by atoms with Gasteiger partial charge in [0.1, 0.15) is 4.51 Å². The van der Waals surface area contributed by atoms with Crippen LogP contribution in [-0.2, 0) is 14.8 Å². The molecule has 1 aliphatic rings. The lowest BCUT2D eigenvalue weighted by atomic mass is 10.1. The van der Waals surface area contributed by atoms with Crippen LogP contribution in [0.25, 0.3) is 0 Å². The molecule has 19 heavy (non-hydrogen) atoms. The lowest BCUT2D eigenvalue weighted by Gasteiger charge is -2.24. The van der Waals surface area contributed by atoms with Crippen molar-refractivity contribution in [1.82, 2.24) is 0 Å². The van der Waals surface area contributed by atoms with E-state index in [1.807, 2.05) is 6.07 Å². The third-order valence-corrected chi connectivity index (χ3v) is 5.09. The number of ether oxygens (including phenoxy) is 1. The summed E-state index contributed by atoms with van der Waals surface area (Å²) in [7, 11) is -1.98. The van der Waals surface area contributed by atoms with Gasteiger partial charge in [0.2, 0.25) is 0 Å². The predicted molar refractivity (Wildman–Crippen MR) is 79.5 cm³/mol. The number of nitrogens with one attached hydrogen (secondary N) is 1. The van der Waals surface area contributed by atoms with Gasteiger partial charge in [-0.15, -0.1) is 0 Å². The fraction of sp³-hybridized carbons (Fsp3) is 0.231. The van der Waals surface area contributed by atoms with Crippen molar-refractivity contribution < 1.29 is 13.2 Å². The molecule has 1 unspecified atom stereocenters. The first-order valence-corrected chi connectivity index (χ1v) is 7.94. The molecule has 1 N–H and O–H groups in total.